The van der Waals surface area contributed by atoms with Crippen LogP contribution < -0.4 is 16.7 Å². The minimum Gasteiger partial charge on any atom is -0.387 e. The average Bonchev–Trinajstić information content (AvgIpc) is 2.91. The number of aromatic nitrogens is 3. The SMILES string of the molecule is C[C@H](CCc1ccc(N)nc1)N[C@@H]1CCn2c(=O)[nH]c3cccc(c32)[C@H]1O. The van der Waals surface area contributed by atoms with Gasteiger partial charge in [-0.1, -0.05) is 18.2 Å². The Morgan fingerprint density at radius 1 is 1.41 bits per heavy atom. The van der Waals surface area contributed by atoms with Crippen molar-refractivity contribution in [3.8, 4) is 0 Å². The molecule has 4 rings (SSSR count). The summed E-state index contributed by atoms with van der Waals surface area (Å²) in [6, 6.07) is 9.58. The molecule has 0 spiro atoms. The Balaban J connectivity index is 1.46. The van der Waals surface area contributed by atoms with Gasteiger partial charge in [0, 0.05) is 30.4 Å². The summed E-state index contributed by atoms with van der Waals surface area (Å²) < 4.78 is 1.74. The van der Waals surface area contributed by atoms with Gasteiger partial charge in [0.1, 0.15) is 5.82 Å². The van der Waals surface area contributed by atoms with Gasteiger partial charge in [-0.05, 0) is 43.9 Å². The second-order valence-electron chi connectivity index (χ2n) is 7.36. The number of benzene rings is 1. The van der Waals surface area contributed by atoms with E-state index in [2.05, 4.69) is 22.2 Å². The number of H-pyrrole nitrogens is 1. The zero-order chi connectivity index (χ0) is 19.0. The largest absolute Gasteiger partial charge is 0.387 e. The molecular formula is C20H25N5O2. The first-order valence-corrected chi connectivity index (χ1v) is 9.39. The van der Waals surface area contributed by atoms with Gasteiger partial charge in [-0.15, -0.1) is 0 Å². The minimum atomic E-state index is -0.654. The molecule has 0 saturated carbocycles. The number of nitrogens with two attached hydrogens (primary N) is 1. The van der Waals surface area contributed by atoms with Gasteiger partial charge in [0.25, 0.3) is 0 Å². The predicted molar refractivity (Wildman–Crippen MR) is 105 cm³/mol. The standard InChI is InChI=1S/C20H25N5O2/c1-12(5-6-13-7-8-17(21)22-11-13)23-16-9-10-25-18-14(19(16)26)3-2-4-15(18)24-20(25)27/h2-4,7-8,11-12,16,19,23,26H,5-6,9-10H2,1H3,(H2,21,22)(H,24,27)/t12-,16-,19-/m1/s1. The number of rotatable bonds is 5. The maximum atomic E-state index is 12.2. The normalized spacial score (nSPS) is 20.5. The van der Waals surface area contributed by atoms with E-state index in [0.29, 0.717) is 18.8 Å². The van der Waals surface area contributed by atoms with Crippen molar-refractivity contribution < 1.29 is 5.11 Å². The molecule has 3 aromatic rings. The number of imidazole rings is 1. The molecule has 0 fully saturated rings. The maximum Gasteiger partial charge on any atom is 0.326 e. The van der Waals surface area contributed by atoms with Crippen LogP contribution in [0.25, 0.3) is 11.0 Å². The molecule has 0 bridgehead atoms. The van der Waals surface area contributed by atoms with Crippen molar-refractivity contribution in [1.29, 1.82) is 0 Å². The number of aliphatic hydroxyl groups excluding tert-OH is 1. The van der Waals surface area contributed by atoms with Crippen molar-refractivity contribution in [2.24, 2.45) is 0 Å². The van der Waals surface area contributed by atoms with Crippen LogP contribution in [-0.4, -0.2) is 31.7 Å². The Labute approximate surface area is 157 Å². The molecule has 27 heavy (non-hydrogen) atoms. The number of para-hydroxylation sites is 1. The Morgan fingerprint density at radius 3 is 3.04 bits per heavy atom. The number of aromatic amines is 1. The van der Waals surface area contributed by atoms with Crippen molar-refractivity contribution >= 4 is 16.9 Å². The fraction of sp³-hybridized carbons (Fsp3) is 0.400. The lowest BCUT2D eigenvalue weighted by Gasteiger charge is -2.26. The van der Waals surface area contributed by atoms with Gasteiger partial charge in [0.15, 0.2) is 0 Å². The highest BCUT2D eigenvalue weighted by Gasteiger charge is 2.29. The third kappa shape index (κ3) is 3.48. The number of aliphatic hydroxyl groups is 1. The highest BCUT2D eigenvalue weighted by molar-refractivity contribution is 5.79. The summed E-state index contributed by atoms with van der Waals surface area (Å²) in [5.41, 5.74) is 9.06. The summed E-state index contributed by atoms with van der Waals surface area (Å²) in [7, 11) is 0. The predicted octanol–water partition coefficient (Wildman–Crippen LogP) is 1.72. The highest BCUT2D eigenvalue weighted by atomic mass is 16.3. The molecule has 7 heteroatoms. The molecule has 0 saturated heterocycles. The molecule has 7 nitrogen and oxygen atoms in total. The zero-order valence-electron chi connectivity index (χ0n) is 15.4. The second kappa shape index (κ2) is 7.17. The number of anilines is 1. The van der Waals surface area contributed by atoms with E-state index in [1.165, 1.54) is 0 Å². The third-order valence-corrected chi connectivity index (χ3v) is 5.40. The van der Waals surface area contributed by atoms with Crippen LogP contribution in [0.5, 0.6) is 0 Å². The van der Waals surface area contributed by atoms with E-state index in [4.69, 9.17) is 5.73 Å². The summed E-state index contributed by atoms with van der Waals surface area (Å²) in [5.74, 6) is 0.527. The van der Waals surface area contributed by atoms with Gasteiger partial charge in [-0.25, -0.2) is 9.78 Å². The number of aryl methyl sites for hydroxylation is 2. The van der Waals surface area contributed by atoms with Gasteiger partial charge < -0.3 is 21.1 Å². The summed E-state index contributed by atoms with van der Waals surface area (Å²) in [6.45, 7) is 2.70. The van der Waals surface area contributed by atoms with E-state index in [-0.39, 0.29) is 17.8 Å². The van der Waals surface area contributed by atoms with Crippen LogP contribution in [-0.2, 0) is 13.0 Å². The van der Waals surface area contributed by atoms with E-state index in [1.807, 2.05) is 36.5 Å². The summed E-state index contributed by atoms with van der Waals surface area (Å²) in [5, 5.41) is 14.5. The van der Waals surface area contributed by atoms with Crippen LogP contribution in [0, 0.1) is 0 Å². The molecule has 2 aromatic heterocycles. The first-order valence-electron chi connectivity index (χ1n) is 9.39. The van der Waals surface area contributed by atoms with Gasteiger partial charge in [-0.3, -0.25) is 4.57 Å². The Hall–Kier alpha value is -2.64. The number of hydrogen-bond acceptors (Lipinski definition) is 5. The van der Waals surface area contributed by atoms with Crippen LogP contribution in [0.15, 0.2) is 41.3 Å². The van der Waals surface area contributed by atoms with Crippen LogP contribution in [0.1, 0.15) is 37.0 Å². The number of pyridine rings is 1. The van der Waals surface area contributed by atoms with Crippen molar-refractivity contribution in [2.75, 3.05) is 5.73 Å². The lowest BCUT2D eigenvalue weighted by atomic mass is 9.98. The molecule has 1 aliphatic heterocycles. The van der Waals surface area contributed by atoms with Gasteiger partial charge in [0.2, 0.25) is 0 Å². The van der Waals surface area contributed by atoms with E-state index in [1.54, 1.807) is 4.57 Å². The molecule has 0 unspecified atom stereocenters. The van der Waals surface area contributed by atoms with Crippen molar-refractivity contribution in [3.63, 3.8) is 0 Å². The van der Waals surface area contributed by atoms with E-state index < -0.39 is 6.10 Å². The van der Waals surface area contributed by atoms with Gasteiger partial charge >= 0.3 is 5.69 Å². The number of nitrogen functional groups attached to an aromatic ring is 1. The fourth-order valence-corrected chi connectivity index (χ4v) is 3.93. The quantitative estimate of drug-likeness (QED) is 0.549. The number of nitrogens with one attached hydrogen (secondary N) is 2. The molecule has 1 aliphatic rings. The molecule has 1 aromatic carbocycles. The van der Waals surface area contributed by atoms with Crippen molar-refractivity contribution in [1.82, 2.24) is 19.9 Å². The molecule has 0 amide bonds. The monoisotopic (exact) mass is 367 g/mol. The molecule has 3 atom stereocenters. The number of hydrogen-bond donors (Lipinski definition) is 4. The molecular weight excluding hydrogens is 342 g/mol. The average molecular weight is 367 g/mol. The van der Waals surface area contributed by atoms with Crippen LogP contribution in [0.3, 0.4) is 0 Å². The molecule has 142 valence electrons. The third-order valence-electron chi connectivity index (χ3n) is 5.40. The maximum absolute atomic E-state index is 12.2. The number of nitrogens with zero attached hydrogens (tertiary/aromatic N) is 2. The Kier molecular flexibility index (Phi) is 4.72. The smallest absolute Gasteiger partial charge is 0.326 e. The highest BCUT2D eigenvalue weighted by Crippen LogP contribution is 2.30. The Bertz CT molecular complexity index is 992. The van der Waals surface area contributed by atoms with Crippen LogP contribution >= 0.6 is 0 Å². The molecule has 5 N–H and O–H groups in total. The van der Waals surface area contributed by atoms with E-state index >= 15 is 0 Å². The lowest BCUT2D eigenvalue weighted by molar-refractivity contribution is 0.119. The summed E-state index contributed by atoms with van der Waals surface area (Å²) >= 11 is 0. The first-order chi connectivity index (χ1) is 13.0. The van der Waals surface area contributed by atoms with Crippen molar-refractivity contribution in [2.45, 2.75) is 50.9 Å². The van der Waals surface area contributed by atoms with E-state index in [0.717, 1.165) is 35.0 Å². The zero-order valence-corrected chi connectivity index (χ0v) is 15.4. The van der Waals surface area contributed by atoms with Crippen molar-refractivity contribution in [3.05, 3.63) is 58.1 Å². The Morgan fingerprint density at radius 2 is 2.26 bits per heavy atom. The summed E-state index contributed by atoms with van der Waals surface area (Å²) in [4.78, 5) is 19.2. The first kappa shape index (κ1) is 17.8. The van der Waals surface area contributed by atoms with Crippen LogP contribution in [0.2, 0.25) is 0 Å². The summed E-state index contributed by atoms with van der Waals surface area (Å²) in [6.07, 6.45) is 3.66. The van der Waals surface area contributed by atoms with E-state index in [9.17, 15) is 9.90 Å². The molecule has 3 heterocycles. The van der Waals surface area contributed by atoms with Crippen LogP contribution in [0.4, 0.5) is 5.82 Å². The minimum absolute atomic E-state index is 0.102. The molecule has 0 aliphatic carbocycles. The molecule has 0 radical (unpaired) electrons. The lowest BCUT2D eigenvalue weighted by Crippen LogP contribution is -2.41. The van der Waals surface area contributed by atoms with Gasteiger partial charge in [-0.2, -0.15) is 0 Å². The topological polar surface area (TPSA) is 109 Å². The van der Waals surface area contributed by atoms with Gasteiger partial charge in [0.05, 0.1) is 17.1 Å². The second-order valence-corrected chi connectivity index (χ2v) is 7.36. The fourth-order valence-electron chi connectivity index (χ4n) is 3.93.